The van der Waals surface area contributed by atoms with Crippen LogP contribution in [0.2, 0.25) is 0 Å². The van der Waals surface area contributed by atoms with Gasteiger partial charge in [0.25, 0.3) is 0 Å². The fraction of sp³-hybridized carbons (Fsp3) is 1.00. The first kappa shape index (κ1) is 9.44. The lowest BCUT2D eigenvalue weighted by molar-refractivity contribution is -0.183. The van der Waals surface area contributed by atoms with Gasteiger partial charge < -0.3 is 15.2 Å². The Labute approximate surface area is 79.5 Å². The van der Waals surface area contributed by atoms with E-state index in [1.807, 2.05) is 13.8 Å². The number of hydrogen-bond donors (Lipinski definition) is 2. The molecule has 3 heteroatoms. The fourth-order valence-corrected chi connectivity index (χ4v) is 2.20. The predicted molar refractivity (Wildman–Crippen MR) is 50.6 cm³/mol. The molecule has 2 aliphatic rings. The van der Waals surface area contributed by atoms with Crippen LogP contribution in [0.5, 0.6) is 0 Å². The highest BCUT2D eigenvalue weighted by molar-refractivity contribution is 5.01. The molecule has 0 bridgehead atoms. The molecular formula is C10H19NO2. The van der Waals surface area contributed by atoms with E-state index in [-0.39, 0.29) is 5.60 Å². The molecule has 2 N–H and O–H groups in total. The summed E-state index contributed by atoms with van der Waals surface area (Å²) in [6.07, 6.45) is 3.23. The van der Waals surface area contributed by atoms with Gasteiger partial charge >= 0.3 is 0 Å². The normalized spacial score (nSPS) is 46.4. The topological polar surface area (TPSA) is 41.5 Å². The van der Waals surface area contributed by atoms with Crippen LogP contribution in [0.3, 0.4) is 0 Å². The van der Waals surface area contributed by atoms with Crippen LogP contribution in [-0.2, 0) is 4.74 Å². The molecule has 2 fully saturated rings. The van der Waals surface area contributed by atoms with E-state index < -0.39 is 5.60 Å². The molecule has 1 aliphatic heterocycles. The SMILES string of the molecule is CC1(O)CCCC1(C)OC1CNC1. The molecular weight excluding hydrogens is 166 g/mol. The number of hydrogen-bond acceptors (Lipinski definition) is 3. The van der Waals surface area contributed by atoms with Crippen molar-refractivity contribution in [2.24, 2.45) is 0 Å². The van der Waals surface area contributed by atoms with E-state index in [2.05, 4.69) is 5.32 Å². The molecule has 0 radical (unpaired) electrons. The van der Waals surface area contributed by atoms with Gasteiger partial charge in [0.05, 0.1) is 17.3 Å². The fourth-order valence-electron chi connectivity index (χ4n) is 2.20. The van der Waals surface area contributed by atoms with E-state index >= 15 is 0 Å². The summed E-state index contributed by atoms with van der Waals surface area (Å²) in [6.45, 7) is 5.81. The summed E-state index contributed by atoms with van der Waals surface area (Å²) < 4.78 is 5.94. The van der Waals surface area contributed by atoms with Gasteiger partial charge in [-0.15, -0.1) is 0 Å². The summed E-state index contributed by atoms with van der Waals surface area (Å²) >= 11 is 0. The summed E-state index contributed by atoms with van der Waals surface area (Å²) in [5.74, 6) is 0. The van der Waals surface area contributed by atoms with Gasteiger partial charge in [-0.3, -0.25) is 0 Å². The molecule has 0 spiro atoms. The van der Waals surface area contributed by atoms with Gasteiger partial charge in [0.1, 0.15) is 0 Å². The van der Waals surface area contributed by atoms with Crippen molar-refractivity contribution in [3.63, 3.8) is 0 Å². The molecule has 76 valence electrons. The monoisotopic (exact) mass is 185 g/mol. The maximum absolute atomic E-state index is 10.1. The Hall–Kier alpha value is -0.120. The minimum absolute atomic E-state index is 0.314. The number of nitrogens with one attached hydrogen (secondary N) is 1. The quantitative estimate of drug-likeness (QED) is 0.664. The van der Waals surface area contributed by atoms with Crippen molar-refractivity contribution in [1.29, 1.82) is 0 Å². The predicted octanol–water partition coefficient (Wildman–Crippen LogP) is 0.668. The summed E-state index contributed by atoms with van der Waals surface area (Å²) in [5.41, 5.74) is -0.956. The summed E-state index contributed by atoms with van der Waals surface area (Å²) in [4.78, 5) is 0. The van der Waals surface area contributed by atoms with Crippen molar-refractivity contribution in [3.05, 3.63) is 0 Å². The van der Waals surface area contributed by atoms with Crippen LogP contribution < -0.4 is 5.32 Å². The molecule has 0 aromatic heterocycles. The van der Waals surface area contributed by atoms with Crippen LogP contribution in [-0.4, -0.2) is 35.5 Å². The lowest BCUT2D eigenvalue weighted by Gasteiger charge is -2.42. The van der Waals surface area contributed by atoms with Gasteiger partial charge in [0, 0.05) is 13.1 Å². The van der Waals surface area contributed by atoms with E-state index in [0.29, 0.717) is 6.10 Å². The Bertz CT molecular complexity index is 201. The van der Waals surface area contributed by atoms with Crippen molar-refractivity contribution in [3.8, 4) is 0 Å². The van der Waals surface area contributed by atoms with Gasteiger partial charge in [-0.25, -0.2) is 0 Å². The van der Waals surface area contributed by atoms with Gasteiger partial charge in [-0.2, -0.15) is 0 Å². The number of rotatable bonds is 2. The number of aliphatic hydroxyl groups is 1. The molecule has 1 aliphatic carbocycles. The Morgan fingerprint density at radius 2 is 2.00 bits per heavy atom. The highest BCUT2D eigenvalue weighted by Crippen LogP contribution is 2.42. The molecule has 1 saturated heterocycles. The maximum atomic E-state index is 10.1. The first-order chi connectivity index (χ1) is 6.04. The van der Waals surface area contributed by atoms with Crippen LogP contribution in [0.25, 0.3) is 0 Å². The Balaban J connectivity index is 2.00. The molecule has 2 rings (SSSR count). The highest BCUT2D eigenvalue weighted by atomic mass is 16.5. The molecule has 2 atom stereocenters. The first-order valence-corrected chi connectivity index (χ1v) is 5.14. The largest absolute Gasteiger partial charge is 0.387 e. The third-order valence-electron chi connectivity index (χ3n) is 3.63. The zero-order chi connectivity index (χ0) is 9.53. The summed E-state index contributed by atoms with van der Waals surface area (Å²) in [6, 6.07) is 0. The zero-order valence-corrected chi connectivity index (χ0v) is 8.47. The second-order valence-corrected chi connectivity index (χ2v) is 4.76. The van der Waals surface area contributed by atoms with Crippen molar-refractivity contribution in [2.45, 2.75) is 50.4 Å². The molecule has 3 nitrogen and oxygen atoms in total. The smallest absolute Gasteiger partial charge is 0.0942 e. The molecule has 0 aromatic carbocycles. The van der Waals surface area contributed by atoms with E-state index in [9.17, 15) is 5.11 Å². The minimum Gasteiger partial charge on any atom is -0.387 e. The maximum Gasteiger partial charge on any atom is 0.0942 e. The van der Waals surface area contributed by atoms with Gasteiger partial charge in [0.2, 0.25) is 0 Å². The van der Waals surface area contributed by atoms with Gasteiger partial charge in [-0.1, -0.05) is 0 Å². The Morgan fingerprint density at radius 1 is 1.31 bits per heavy atom. The van der Waals surface area contributed by atoms with E-state index in [1.54, 1.807) is 0 Å². The average Bonchev–Trinajstić information content (AvgIpc) is 2.20. The standard InChI is InChI=1S/C10H19NO2/c1-9(12)4-3-5-10(9,2)13-8-6-11-7-8/h8,11-12H,3-7H2,1-2H3. The van der Waals surface area contributed by atoms with Crippen molar-refractivity contribution in [1.82, 2.24) is 5.32 Å². The number of ether oxygens (including phenoxy) is 1. The third kappa shape index (κ3) is 1.49. The van der Waals surface area contributed by atoms with Crippen molar-refractivity contribution >= 4 is 0 Å². The van der Waals surface area contributed by atoms with Crippen LogP contribution in [0.4, 0.5) is 0 Å². The molecule has 1 heterocycles. The van der Waals surface area contributed by atoms with Crippen molar-refractivity contribution < 1.29 is 9.84 Å². The lowest BCUT2D eigenvalue weighted by atomic mass is 9.89. The Morgan fingerprint density at radius 3 is 2.38 bits per heavy atom. The third-order valence-corrected chi connectivity index (χ3v) is 3.63. The highest BCUT2D eigenvalue weighted by Gasteiger charge is 2.50. The minimum atomic E-state index is -0.636. The van der Waals surface area contributed by atoms with Gasteiger partial charge in [0.15, 0.2) is 0 Å². The van der Waals surface area contributed by atoms with Crippen LogP contribution in [0.15, 0.2) is 0 Å². The summed E-state index contributed by atoms with van der Waals surface area (Å²) in [5, 5.41) is 13.3. The Kier molecular flexibility index (Phi) is 2.13. The first-order valence-electron chi connectivity index (χ1n) is 5.14. The molecule has 0 amide bonds. The van der Waals surface area contributed by atoms with E-state index in [4.69, 9.17) is 4.74 Å². The second kappa shape index (κ2) is 2.94. The van der Waals surface area contributed by atoms with Gasteiger partial charge in [-0.05, 0) is 33.1 Å². The molecule has 1 saturated carbocycles. The van der Waals surface area contributed by atoms with Crippen molar-refractivity contribution in [2.75, 3.05) is 13.1 Å². The average molecular weight is 185 g/mol. The molecule has 0 aromatic rings. The van der Waals surface area contributed by atoms with E-state index in [1.165, 1.54) is 0 Å². The van der Waals surface area contributed by atoms with E-state index in [0.717, 1.165) is 32.4 Å². The second-order valence-electron chi connectivity index (χ2n) is 4.76. The lowest BCUT2D eigenvalue weighted by Crippen LogP contribution is -2.57. The van der Waals surface area contributed by atoms with Crippen LogP contribution in [0, 0.1) is 0 Å². The zero-order valence-electron chi connectivity index (χ0n) is 8.47. The molecule has 2 unspecified atom stereocenters. The van der Waals surface area contributed by atoms with Crippen LogP contribution >= 0.6 is 0 Å². The molecule has 13 heavy (non-hydrogen) atoms. The van der Waals surface area contributed by atoms with Crippen LogP contribution in [0.1, 0.15) is 33.1 Å². The summed E-state index contributed by atoms with van der Waals surface area (Å²) in [7, 11) is 0.